The van der Waals surface area contributed by atoms with Crippen molar-refractivity contribution >= 4 is 15.9 Å². The third kappa shape index (κ3) is 4.63. The molecular weight excluding hydrogens is 380 g/mol. The summed E-state index contributed by atoms with van der Waals surface area (Å²) in [7, 11) is 1.18. The molecule has 2 aromatic carbocycles. The van der Waals surface area contributed by atoms with Crippen molar-refractivity contribution in [3.05, 3.63) is 53.6 Å². The lowest BCUT2D eigenvalue weighted by Gasteiger charge is -2.19. The number of hydrogen-bond donors (Lipinski definition) is 1. The molecular formula is C20H24N2O5S. The van der Waals surface area contributed by atoms with Crippen LogP contribution < -0.4 is 14.2 Å². The molecule has 1 saturated carbocycles. The van der Waals surface area contributed by atoms with Crippen LogP contribution in [0.3, 0.4) is 0 Å². The highest BCUT2D eigenvalue weighted by Crippen LogP contribution is 2.28. The summed E-state index contributed by atoms with van der Waals surface area (Å²) >= 11 is 0. The van der Waals surface area contributed by atoms with Crippen molar-refractivity contribution in [1.82, 2.24) is 9.62 Å². The summed E-state index contributed by atoms with van der Waals surface area (Å²) in [6, 6.07) is 11.6. The molecule has 0 atom stereocenters. The third-order valence-corrected chi connectivity index (χ3v) is 6.02. The van der Waals surface area contributed by atoms with Crippen LogP contribution in [0.4, 0.5) is 0 Å². The van der Waals surface area contributed by atoms with Crippen LogP contribution in [0.25, 0.3) is 0 Å². The summed E-state index contributed by atoms with van der Waals surface area (Å²) in [6.07, 6.45) is 1.71. The van der Waals surface area contributed by atoms with E-state index in [9.17, 15) is 13.2 Å². The molecule has 150 valence electrons. The number of rotatable bonds is 8. The average Bonchev–Trinajstić information content (AvgIpc) is 3.50. The molecule has 0 spiro atoms. The minimum absolute atomic E-state index is 0.0112. The Labute approximate surface area is 165 Å². The van der Waals surface area contributed by atoms with Crippen LogP contribution in [0.15, 0.2) is 47.4 Å². The zero-order chi connectivity index (χ0) is 20.3. The van der Waals surface area contributed by atoms with E-state index in [-0.39, 0.29) is 16.8 Å². The molecule has 0 saturated heterocycles. The Kier molecular flexibility index (Phi) is 5.90. The SMILES string of the molecule is COc1ccc(CN(C)C(=O)c2cccc(S(=O)(=O)NC3CC3)c2)cc1OC. The first-order chi connectivity index (χ1) is 13.3. The summed E-state index contributed by atoms with van der Waals surface area (Å²) in [5.41, 5.74) is 1.19. The predicted molar refractivity (Wildman–Crippen MR) is 105 cm³/mol. The van der Waals surface area contributed by atoms with Gasteiger partial charge in [-0.25, -0.2) is 13.1 Å². The molecule has 1 aliphatic carbocycles. The standard InChI is InChI=1S/C20H24N2O5S/c1-22(13-14-7-10-18(26-2)19(11-14)27-3)20(23)15-5-4-6-17(12-15)28(24,25)21-16-8-9-16/h4-7,10-12,16,21H,8-9,13H2,1-3H3. The summed E-state index contributed by atoms with van der Waals surface area (Å²) in [6.45, 7) is 0.344. The second kappa shape index (κ2) is 8.20. The van der Waals surface area contributed by atoms with Crippen molar-refractivity contribution < 1.29 is 22.7 Å². The van der Waals surface area contributed by atoms with Gasteiger partial charge in [0.2, 0.25) is 10.0 Å². The van der Waals surface area contributed by atoms with Crippen LogP contribution in [0, 0.1) is 0 Å². The van der Waals surface area contributed by atoms with E-state index in [4.69, 9.17) is 9.47 Å². The molecule has 1 N–H and O–H groups in total. The number of sulfonamides is 1. The maximum atomic E-state index is 12.8. The van der Waals surface area contributed by atoms with Gasteiger partial charge in [0, 0.05) is 25.2 Å². The molecule has 1 fully saturated rings. The average molecular weight is 404 g/mol. The van der Waals surface area contributed by atoms with Crippen molar-refractivity contribution in [2.75, 3.05) is 21.3 Å². The van der Waals surface area contributed by atoms with Crippen LogP contribution >= 0.6 is 0 Å². The number of carbonyl (C=O) groups excluding carboxylic acids is 1. The maximum Gasteiger partial charge on any atom is 0.253 e. The number of benzene rings is 2. The summed E-state index contributed by atoms with van der Waals surface area (Å²) in [5, 5.41) is 0. The van der Waals surface area contributed by atoms with Gasteiger partial charge in [-0.3, -0.25) is 4.79 Å². The fourth-order valence-corrected chi connectivity index (χ4v) is 4.18. The van der Waals surface area contributed by atoms with Gasteiger partial charge in [-0.1, -0.05) is 12.1 Å². The van der Waals surface area contributed by atoms with E-state index in [2.05, 4.69) is 4.72 Å². The highest BCUT2D eigenvalue weighted by Gasteiger charge is 2.28. The Bertz CT molecular complexity index is 970. The highest BCUT2D eigenvalue weighted by molar-refractivity contribution is 7.89. The van der Waals surface area contributed by atoms with Gasteiger partial charge in [-0.05, 0) is 48.7 Å². The first-order valence-corrected chi connectivity index (χ1v) is 10.4. The van der Waals surface area contributed by atoms with Crippen molar-refractivity contribution in [3.8, 4) is 11.5 Å². The van der Waals surface area contributed by atoms with Crippen LogP contribution in [-0.4, -0.2) is 46.5 Å². The van der Waals surface area contributed by atoms with Gasteiger partial charge < -0.3 is 14.4 Å². The smallest absolute Gasteiger partial charge is 0.253 e. The van der Waals surface area contributed by atoms with E-state index < -0.39 is 10.0 Å². The van der Waals surface area contributed by atoms with Gasteiger partial charge in [0.15, 0.2) is 11.5 Å². The van der Waals surface area contributed by atoms with Crippen molar-refractivity contribution in [2.24, 2.45) is 0 Å². The Morgan fingerprint density at radius 2 is 1.82 bits per heavy atom. The first kappa shape index (κ1) is 20.2. The molecule has 3 rings (SSSR count). The lowest BCUT2D eigenvalue weighted by Crippen LogP contribution is -2.28. The van der Waals surface area contributed by atoms with Crippen LogP contribution in [-0.2, 0) is 16.6 Å². The molecule has 28 heavy (non-hydrogen) atoms. The monoisotopic (exact) mass is 404 g/mol. The van der Waals surface area contributed by atoms with Gasteiger partial charge >= 0.3 is 0 Å². The van der Waals surface area contributed by atoms with Crippen molar-refractivity contribution in [1.29, 1.82) is 0 Å². The van der Waals surface area contributed by atoms with Gasteiger partial charge in [0.1, 0.15) is 0 Å². The molecule has 1 amide bonds. The molecule has 2 aromatic rings. The van der Waals surface area contributed by atoms with Crippen LogP contribution in [0.2, 0.25) is 0 Å². The van der Waals surface area contributed by atoms with E-state index in [1.807, 2.05) is 12.1 Å². The van der Waals surface area contributed by atoms with E-state index in [0.29, 0.717) is 23.6 Å². The molecule has 0 aromatic heterocycles. The summed E-state index contributed by atoms with van der Waals surface area (Å²) < 4.78 is 37.9. The largest absolute Gasteiger partial charge is 0.493 e. The summed E-state index contributed by atoms with van der Waals surface area (Å²) in [4.78, 5) is 14.4. The normalized spacial score (nSPS) is 13.8. The second-order valence-electron chi connectivity index (χ2n) is 6.77. The fourth-order valence-electron chi connectivity index (χ4n) is 2.83. The Morgan fingerprint density at radius 3 is 2.46 bits per heavy atom. The van der Waals surface area contributed by atoms with Crippen LogP contribution in [0.1, 0.15) is 28.8 Å². The predicted octanol–water partition coefficient (Wildman–Crippen LogP) is 2.42. The second-order valence-corrected chi connectivity index (χ2v) is 8.49. The third-order valence-electron chi connectivity index (χ3n) is 4.50. The maximum absolute atomic E-state index is 12.8. The van der Waals surface area contributed by atoms with E-state index in [1.54, 1.807) is 39.5 Å². The number of ether oxygens (including phenoxy) is 2. The van der Waals surface area contributed by atoms with E-state index in [0.717, 1.165) is 18.4 Å². The van der Waals surface area contributed by atoms with E-state index in [1.165, 1.54) is 17.0 Å². The van der Waals surface area contributed by atoms with Gasteiger partial charge in [0.25, 0.3) is 5.91 Å². The Morgan fingerprint density at radius 1 is 1.11 bits per heavy atom. The minimum Gasteiger partial charge on any atom is -0.493 e. The lowest BCUT2D eigenvalue weighted by atomic mass is 10.1. The topological polar surface area (TPSA) is 84.9 Å². The molecule has 0 bridgehead atoms. The quantitative estimate of drug-likeness (QED) is 0.730. The molecule has 8 heteroatoms. The molecule has 0 aliphatic heterocycles. The zero-order valence-corrected chi connectivity index (χ0v) is 17.0. The minimum atomic E-state index is -3.61. The van der Waals surface area contributed by atoms with Gasteiger partial charge in [-0.15, -0.1) is 0 Å². The number of hydrogen-bond acceptors (Lipinski definition) is 5. The van der Waals surface area contributed by atoms with Gasteiger partial charge in [0.05, 0.1) is 19.1 Å². The van der Waals surface area contributed by atoms with Crippen molar-refractivity contribution in [2.45, 2.75) is 30.3 Å². The number of nitrogens with one attached hydrogen (secondary N) is 1. The van der Waals surface area contributed by atoms with E-state index >= 15 is 0 Å². The Balaban J connectivity index is 1.75. The zero-order valence-electron chi connectivity index (χ0n) is 16.1. The Hall–Kier alpha value is -2.58. The van der Waals surface area contributed by atoms with Crippen molar-refractivity contribution in [3.63, 3.8) is 0 Å². The number of nitrogens with zero attached hydrogens (tertiary/aromatic N) is 1. The molecule has 1 aliphatic rings. The number of amides is 1. The molecule has 7 nitrogen and oxygen atoms in total. The fraction of sp³-hybridized carbons (Fsp3) is 0.350. The van der Waals surface area contributed by atoms with Crippen LogP contribution in [0.5, 0.6) is 11.5 Å². The molecule has 0 radical (unpaired) electrons. The summed E-state index contributed by atoms with van der Waals surface area (Å²) in [5.74, 6) is 0.930. The van der Waals surface area contributed by atoms with Gasteiger partial charge in [-0.2, -0.15) is 0 Å². The molecule has 0 unspecified atom stereocenters. The molecule has 0 heterocycles. The number of carbonyl (C=O) groups is 1. The first-order valence-electron chi connectivity index (χ1n) is 8.93. The lowest BCUT2D eigenvalue weighted by molar-refractivity contribution is 0.0784. The highest BCUT2D eigenvalue weighted by atomic mass is 32.2. The number of methoxy groups -OCH3 is 2.